The zero-order chi connectivity index (χ0) is 16.2. The van der Waals surface area contributed by atoms with Crippen molar-refractivity contribution in [3.8, 4) is 11.6 Å². The van der Waals surface area contributed by atoms with Gasteiger partial charge in [-0.1, -0.05) is 18.2 Å². The molecular weight excluding hydrogens is 362 g/mol. The van der Waals surface area contributed by atoms with Gasteiger partial charge in [0.25, 0.3) is 5.91 Å². The Hall–Kier alpha value is -1.86. The summed E-state index contributed by atoms with van der Waals surface area (Å²) >= 11 is 3.43. The molecule has 3 rings (SSSR count). The van der Waals surface area contributed by atoms with Gasteiger partial charge >= 0.3 is 0 Å². The average Bonchev–Trinajstić information content (AvgIpc) is 2.96. The quantitative estimate of drug-likeness (QED) is 0.817. The molecule has 0 radical (unpaired) electrons. The van der Waals surface area contributed by atoms with Gasteiger partial charge in [-0.2, -0.15) is 0 Å². The number of carbonyl (C=O) groups excluding carboxylic acids is 1. The van der Waals surface area contributed by atoms with Crippen LogP contribution in [-0.4, -0.2) is 53.0 Å². The van der Waals surface area contributed by atoms with Crippen LogP contribution in [-0.2, 0) is 9.53 Å². The van der Waals surface area contributed by atoms with Crippen molar-refractivity contribution in [3.63, 3.8) is 0 Å². The van der Waals surface area contributed by atoms with Gasteiger partial charge in [0, 0.05) is 19.3 Å². The summed E-state index contributed by atoms with van der Waals surface area (Å²) in [5, 5.41) is 4.40. The lowest BCUT2D eigenvalue weighted by Crippen LogP contribution is -2.46. The first-order valence-corrected chi connectivity index (χ1v) is 8.28. The molecule has 2 aromatic rings. The highest BCUT2D eigenvalue weighted by atomic mass is 79.9. The second-order valence-electron chi connectivity index (χ2n) is 5.26. The lowest BCUT2D eigenvalue weighted by atomic mass is 10.3. The number of hydrogen-bond donors (Lipinski definition) is 0. The molecule has 0 spiro atoms. The lowest BCUT2D eigenvalue weighted by Gasteiger charge is -2.29. The first-order chi connectivity index (χ1) is 11.1. The summed E-state index contributed by atoms with van der Waals surface area (Å²) in [4.78, 5) is 14.1. The van der Waals surface area contributed by atoms with E-state index in [0.717, 1.165) is 5.69 Å². The molecule has 1 atom stereocenters. The van der Waals surface area contributed by atoms with Crippen molar-refractivity contribution in [1.82, 2.24) is 14.7 Å². The molecule has 23 heavy (non-hydrogen) atoms. The summed E-state index contributed by atoms with van der Waals surface area (Å²) in [6, 6.07) is 9.73. The Morgan fingerprint density at radius 2 is 2.00 bits per heavy atom. The van der Waals surface area contributed by atoms with Crippen molar-refractivity contribution in [2.24, 2.45) is 0 Å². The molecular formula is C16H18BrN3O3. The molecule has 1 aromatic carbocycles. The third kappa shape index (κ3) is 3.73. The molecule has 7 heteroatoms. The van der Waals surface area contributed by atoms with Gasteiger partial charge in [-0.15, -0.1) is 5.10 Å². The molecule has 0 unspecified atom stereocenters. The monoisotopic (exact) mass is 379 g/mol. The van der Waals surface area contributed by atoms with E-state index in [4.69, 9.17) is 9.47 Å². The van der Waals surface area contributed by atoms with Crippen LogP contribution in [0, 0.1) is 0 Å². The summed E-state index contributed by atoms with van der Waals surface area (Å²) in [5.41, 5.74) is 0.926. The minimum absolute atomic E-state index is 0.0468. The number of nitrogens with zero attached hydrogens (tertiary/aromatic N) is 3. The van der Waals surface area contributed by atoms with E-state index in [0.29, 0.717) is 36.7 Å². The SMILES string of the molecule is C[C@@H](Oc1nn(-c2ccccc2)cc1Br)C(=O)N1CCOCC1. The third-order valence-corrected chi connectivity index (χ3v) is 4.16. The van der Waals surface area contributed by atoms with Crippen LogP contribution >= 0.6 is 15.9 Å². The second-order valence-corrected chi connectivity index (χ2v) is 6.11. The maximum atomic E-state index is 12.4. The molecule has 0 N–H and O–H groups in total. The van der Waals surface area contributed by atoms with Crippen LogP contribution in [0.2, 0.25) is 0 Å². The van der Waals surface area contributed by atoms with Gasteiger partial charge in [-0.05, 0) is 35.0 Å². The first-order valence-electron chi connectivity index (χ1n) is 7.49. The van der Waals surface area contributed by atoms with E-state index in [9.17, 15) is 4.79 Å². The van der Waals surface area contributed by atoms with Gasteiger partial charge in [0.1, 0.15) is 0 Å². The predicted octanol–water partition coefficient (Wildman–Crippen LogP) is 2.26. The van der Waals surface area contributed by atoms with E-state index < -0.39 is 6.10 Å². The van der Waals surface area contributed by atoms with Crippen molar-refractivity contribution < 1.29 is 14.3 Å². The molecule has 6 nitrogen and oxygen atoms in total. The molecule has 0 bridgehead atoms. The highest BCUT2D eigenvalue weighted by Crippen LogP contribution is 2.25. The number of rotatable bonds is 4. The Morgan fingerprint density at radius 1 is 1.30 bits per heavy atom. The van der Waals surface area contributed by atoms with Crippen molar-refractivity contribution in [2.75, 3.05) is 26.3 Å². The normalized spacial score (nSPS) is 16.2. The summed E-state index contributed by atoms with van der Waals surface area (Å²) in [7, 11) is 0. The molecule has 1 aliphatic rings. The Morgan fingerprint density at radius 3 is 2.70 bits per heavy atom. The predicted molar refractivity (Wildman–Crippen MR) is 88.8 cm³/mol. The van der Waals surface area contributed by atoms with E-state index in [1.54, 1.807) is 16.5 Å². The topological polar surface area (TPSA) is 56.6 Å². The molecule has 0 saturated carbocycles. The summed E-state index contributed by atoms with van der Waals surface area (Å²) < 4.78 is 13.4. The molecule has 0 aliphatic carbocycles. The Balaban J connectivity index is 1.70. The molecule has 2 heterocycles. The van der Waals surface area contributed by atoms with Crippen LogP contribution in [0.1, 0.15) is 6.92 Å². The van der Waals surface area contributed by atoms with Gasteiger partial charge in [0.2, 0.25) is 5.88 Å². The Labute approximate surface area is 143 Å². The second kappa shape index (κ2) is 7.14. The van der Waals surface area contributed by atoms with Gasteiger partial charge in [-0.3, -0.25) is 4.79 Å². The standard InChI is InChI=1S/C16H18BrN3O3/c1-12(16(21)19-7-9-22-10-8-19)23-15-14(17)11-20(18-15)13-5-3-2-4-6-13/h2-6,11-12H,7-10H2,1H3/t12-/m1/s1. The highest BCUT2D eigenvalue weighted by Gasteiger charge is 2.25. The summed E-state index contributed by atoms with van der Waals surface area (Å²) in [5.74, 6) is 0.359. The number of aromatic nitrogens is 2. The molecule has 1 fully saturated rings. The fourth-order valence-corrected chi connectivity index (χ4v) is 2.76. The Bertz CT molecular complexity index is 668. The number of hydrogen-bond acceptors (Lipinski definition) is 4. The molecule has 1 amide bonds. The number of para-hydroxylation sites is 1. The number of morpholine rings is 1. The van der Waals surface area contributed by atoms with E-state index in [-0.39, 0.29) is 5.91 Å². The average molecular weight is 380 g/mol. The van der Waals surface area contributed by atoms with E-state index >= 15 is 0 Å². The summed E-state index contributed by atoms with van der Waals surface area (Å²) in [6.45, 7) is 4.10. The number of carbonyl (C=O) groups is 1. The fraction of sp³-hybridized carbons (Fsp3) is 0.375. The third-order valence-electron chi connectivity index (χ3n) is 3.62. The zero-order valence-corrected chi connectivity index (χ0v) is 14.4. The maximum absolute atomic E-state index is 12.4. The van der Waals surface area contributed by atoms with Gasteiger partial charge in [0.05, 0.1) is 23.4 Å². The molecule has 1 aromatic heterocycles. The van der Waals surface area contributed by atoms with E-state index in [1.807, 2.05) is 36.5 Å². The van der Waals surface area contributed by atoms with Gasteiger partial charge < -0.3 is 14.4 Å². The van der Waals surface area contributed by atoms with Crippen LogP contribution < -0.4 is 4.74 Å². The zero-order valence-electron chi connectivity index (χ0n) is 12.8. The number of amides is 1. The molecule has 1 aliphatic heterocycles. The number of halogens is 1. The van der Waals surface area contributed by atoms with Gasteiger partial charge in [0.15, 0.2) is 6.10 Å². The van der Waals surface area contributed by atoms with Crippen LogP contribution in [0.4, 0.5) is 0 Å². The van der Waals surface area contributed by atoms with Crippen molar-refractivity contribution in [3.05, 3.63) is 41.0 Å². The van der Waals surface area contributed by atoms with E-state index in [1.165, 1.54) is 0 Å². The molecule has 1 saturated heterocycles. The van der Waals surface area contributed by atoms with Crippen molar-refractivity contribution in [2.45, 2.75) is 13.0 Å². The van der Waals surface area contributed by atoms with Gasteiger partial charge in [-0.25, -0.2) is 4.68 Å². The largest absolute Gasteiger partial charge is 0.463 e. The Kier molecular flexibility index (Phi) is 4.97. The van der Waals surface area contributed by atoms with E-state index in [2.05, 4.69) is 21.0 Å². The van der Waals surface area contributed by atoms with Crippen LogP contribution in [0.3, 0.4) is 0 Å². The van der Waals surface area contributed by atoms with Crippen LogP contribution in [0.15, 0.2) is 41.0 Å². The highest BCUT2D eigenvalue weighted by molar-refractivity contribution is 9.10. The lowest BCUT2D eigenvalue weighted by molar-refractivity contribution is -0.142. The van der Waals surface area contributed by atoms with Crippen molar-refractivity contribution in [1.29, 1.82) is 0 Å². The van der Waals surface area contributed by atoms with Crippen LogP contribution in [0.25, 0.3) is 5.69 Å². The fourth-order valence-electron chi connectivity index (χ4n) is 2.39. The number of ether oxygens (including phenoxy) is 2. The minimum Gasteiger partial charge on any atom is -0.463 e. The first kappa shape index (κ1) is 16.0. The number of benzene rings is 1. The smallest absolute Gasteiger partial charge is 0.263 e. The molecule has 122 valence electrons. The van der Waals surface area contributed by atoms with Crippen molar-refractivity contribution >= 4 is 21.8 Å². The van der Waals surface area contributed by atoms with Crippen LogP contribution in [0.5, 0.6) is 5.88 Å². The minimum atomic E-state index is -0.594. The summed E-state index contributed by atoms with van der Waals surface area (Å²) in [6.07, 6.45) is 1.22. The maximum Gasteiger partial charge on any atom is 0.263 e.